The molecule has 5 heterocycles. The molecular formula is C63H62N2O2S2. The lowest BCUT2D eigenvalue weighted by Crippen LogP contribution is -2.25. The summed E-state index contributed by atoms with van der Waals surface area (Å²) in [5.41, 5.74) is 15.4. The summed E-state index contributed by atoms with van der Waals surface area (Å²) in [7, 11) is 0. The molecule has 0 amide bonds. The monoisotopic (exact) mass is 942 g/mol. The summed E-state index contributed by atoms with van der Waals surface area (Å²) >= 11 is 3.64. The summed E-state index contributed by atoms with van der Waals surface area (Å²) in [5.74, 6) is 1.33. The number of nitrogens with zero attached hydrogens (tertiary/aromatic N) is 2. The molecule has 348 valence electrons. The fourth-order valence-corrected chi connectivity index (χ4v) is 13.1. The van der Waals surface area contributed by atoms with E-state index in [9.17, 15) is 0 Å². The molecule has 69 heavy (non-hydrogen) atoms. The van der Waals surface area contributed by atoms with Crippen LogP contribution in [0.5, 0.6) is 0 Å². The van der Waals surface area contributed by atoms with Crippen LogP contribution in [0.25, 0.3) is 98.3 Å². The highest BCUT2D eigenvalue weighted by Gasteiger charge is 2.42. The highest BCUT2D eigenvalue weighted by Crippen LogP contribution is 2.56. The zero-order chi connectivity index (χ0) is 46.9. The van der Waals surface area contributed by atoms with Crippen LogP contribution in [-0.2, 0) is 5.41 Å². The summed E-state index contributed by atoms with van der Waals surface area (Å²) in [6.45, 7) is 9.08. The normalized spacial score (nSPS) is 13.0. The van der Waals surface area contributed by atoms with Gasteiger partial charge in [0.15, 0.2) is 11.5 Å². The van der Waals surface area contributed by atoms with Crippen LogP contribution in [0.3, 0.4) is 0 Å². The molecule has 0 saturated heterocycles. The van der Waals surface area contributed by atoms with Gasteiger partial charge in [0, 0.05) is 46.8 Å². The third-order valence-electron chi connectivity index (χ3n) is 14.7. The van der Waals surface area contributed by atoms with Crippen molar-refractivity contribution in [2.24, 2.45) is 0 Å². The van der Waals surface area contributed by atoms with Crippen molar-refractivity contribution in [1.29, 1.82) is 0 Å². The van der Waals surface area contributed by atoms with Crippen molar-refractivity contribution in [2.45, 2.75) is 123 Å². The maximum atomic E-state index is 6.60. The molecule has 5 aromatic heterocycles. The lowest BCUT2D eigenvalue weighted by atomic mass is 9.70. The average Bonchev–Trinajstić information content (AvgIpc) is 4.23. The minimum Gasteiger partial charge on any atom is -0.454 e. The Hall–Kier alpha value is -6.08. The van der Waals surface area contributed by atoms with Crippen LogP contribution in [0.1, 0.15) is 125 Å². The number of para-hydroxylation sites is 2. The van der Waals surface area contributed by atoms with E-state index in [1.165, 1.54) is 127 Å². The molecule has 0 N–H and O–H groups in total. The Labute approximate surface area is 415 Å². The molecular weight excluding hydrogens is 881 g/mol. The van der Waals surface area contributed by atoms with Gasteiger partial charge in [0.25, 0.3) is 0 Å². The fourth-order valence-electron chi connectivity index (χ4n) is 11.1. The first-order valence-electron chi connectivity index (χ1n) is 25.7. The van der Waals surface area contributed by atoms with E-state index in [-0.39, 0.29) is 5.41 Å². The van der Waals surface area contributed by atoms with E-state index in [1.54, 1.807) is 16.9 Å². The summed E-state index contributed by atoms with van der Waals surface area (Å²) in [4.78, 5) is 16.1. The highest BCUT2D eigenvalue weighted by molar-refractivity contribution is 7.19. The number of hydrogen-bond donors (Lipinski definition) is 0. The highest BCUT2D eigenvalue weighted by atomic mass is 32.1. The fraction of sp³-hybridized carbons (Fsp3) is 0.302. The van der Waals surface area contributed by atoms with E-state index >= 15 is 0 Å². The van der Waals surface area contributed by atoms with Crippen LogP contribution < -0.4 is 0 Å². The minimum atomic E-state index is 0.0225. The largest absolute Gasteiger partial charge is 0.454 e. The molecule has 0 aliphatic heterocycles. The zero-order valence-corrected chi connectivity index (χ0v) is 42.3. The topological polar surface area (TPSA) is 52.1 Å². The lowest BCUT2D eigenvalue weighted by molar-refractivity contribution is 0.398. The number of benzene rings is 5. The van der Waals surface area contributed by atoms with Gasteiger partial charge in [0.2, 0.25) is 0 Å². The van der Waals surface area contributed by atoms with Crippen LogP contribution in [-0.4, -0.2) is 9.97 Å². The van der Waals surface area contributed by atoms with Crippen molar-refractivity contribution in [3.63, 3.8) is 0 Å². The number of unbranched alkanes of at least 4 members (excludes halogenated alkanes) is 10. The predicted octanol–water partition coefficient (Wildman–Crippen LogP) is 20.0. The number of hydrogen-bond acceptors (Lipinski definition) is 6. The molecule has 10 aromatic rings. The van der Waals surface area contributed by atoms with E-state index in [1.807, 2.05) is 47.7 Å². The number of rotatable bonds is 19. The van der Waals surface area contributed by atoms with Crippen LogP contribution in [0.2, 0.25) is 0 Å². The second-order valence-electron chi connectivity index (χ2n) is 19.6. The summed E-state index contributed by atoms with van der Waals surface area (Å²) in [5, 5.41) is 2.04. The van der Waals surface area contributed by atoms with Gasteiger partial charge in [-0.1, -0.05) is 175 Å². The molecule has 0 unspecified atom stereocenters. The van der Waals surface area contributed by atoms with Crippen LogP contribution in [0.15, 0.2) is 142 Å². The summed E-state index contributed by atoms with van der Waals surface area (Å²) < 4.78 is 13.2. The minimum absolute atomic E-state index is 0.0225. The zero-order valence-electron chi connectivity index (χ0n) is 40.6. The molecule has 6 heteroatoms. The second-order valence-corrected chi connectivity index (χ2v) is 21.9. The summed E-state index contributed by atoms with van der Waals surface area (Å²) in [6, 6.07) is 48.7. The van der Waals surface area contributed by atoms with E-state index in [0.717, 1.165) is 53.9 Å². The predicted molar refractivity (Wildman–Crippen MR) is 294 cm³/mol. The molecule has 0 fully saturated rings. The first-order chi connectivity index (χ1) is 33.9. The van der Waals surface area contributed by atoms with Crippen molar-refractivity contribution in [3.05, 3.63) is 155 Å². The van der Waals surface area contributed by atoms with Crippen LogP contribution in [0, 0.1) is 13.8 Å². The number of aromatic nitrogens is 2. The van der Waals surface area contributed by atoms with E-state index < -0.39 is 0 Å². The van der Waals surface area contributed by atoms with Crippen molar-refractivity contribution in [3.8, 4) is 65.4 Å². The quantitative estimate of drug-likeness (QED) is 0.0758. The molecule has 0 saturated carbocycles. The van der Waals surface area contributed by atoms with Gasteiger partial charge in [-0.25, -0.2) is 9.97 Å². The Morgan fingerprint density at radius 3 is 1.51 bits per heavy atom. The molecule has 1 aliphatic carbocycles. The first-order valence-corrected chi connectivity index (χ1v) is 27.3. The SMILES string of the molecule is CCCCCCCCC1(CCCCCCCC)c2cc(C)ccc2-c2ccc(-c3ccc(-c4ccc(-c5ccc(C)s5)c5nc(-c6cc7ccccc7o6)c(-c6cc7ccccc7o6)nc45)s3)cc21. The Balaban J connectivity index is 1.03. The maximum absolute atomic E-state index is 6.60. The van der Waals surface area contributed by atoms with E-state index in [0.29, 0.717) is 22.9 Å². The van der Waals surface area contributed by atoms with Crippen molar-refractivity contribution < 1.29 is 8.83 Å². The molecule has 0 spiro atoms. The second kappa shape index (κ2) is 19.7. The third-order valence-corrected chi connectivity index (χ3v) is 16.9. The Morgan fingerprint density at radius 1 is 0.449 bits per heavy atom. The first kappa shape index (κ1) is 45.4. The molecule has 4 nitrogen and oxygen atoms in total. The van der Waals surface area contributed by atoms with Crippen molar-refractivity contribution in [2.75, 3.05) is 0 Å². The summed E-state index contributed by atoms with van der Waals surface area (Å²) in [6.07, 6.45) is 18.2. The molecule has 0 atom stereocenters. The third kappa shape index (κ3) is 8.80. The van der Waals surface area contributed by atoms with Gasteiger partial charge < -0.3 is 8.83 Å². The maximum Gasteiger partial charge on any atom is 0.156 e. The Morgan fingerprint density at radius 2 is 0.942 bits per heavy atom. The Kier molecular flexibility index (Phi) is 13.0. The van der Waals surface area contributed by atoms with E-state index in [2.05, 4.69) is 125 Å². The molecule has 5 aromatic carbocycles. The average molecular weight is 943 g/mol. The van der Waals surface area contributed by atoms with Gasteiger partial charge in [-0.2, -0.15) is 0 Å². The van der Waals surface area contributed by atoms with Gasteiger partial charge in [-0.05, 0) is 109 Å². The Bertz CT molecular complexity index is 3350. The van der Waals surface area contributed by atoms with Gasteiger partial charge in [-0.3, -0.25) is 0 Å². The lowest BCUT2D eigenvalue weighted by Gasteiger charge is -2.33. The van der Waals surface area contributed by atoms with Crippen LogP contribution >= 0.6 is 22.7 Å². The molecule has 1 aliphatic rings. The number of furan rings is 2. The van der Waals surface area contributed by atoms with E-state index in [4.69, 9.17) is 18.8 Å². The number of fused-ring (bicyclic) bond motifs is 6. The van der Waals surface area contributed by atoms with Gasteiger partial charge in [-0.15, -0.1) is 22.7 Å². The standard InChI is InChI=1S/C63H62N2O2S2/c1-5-7-9-11-13-19-35-63(36-20-14-12-10-8-6-2)50-37-41(3)25-28-46(50)47-29-27-45(38-51(47)63)56-33-34-58(69-56)49-31-30-48(57-32-26-42(4)68-57)59-60(49)65-62(55-40-44-22-16-18-24-53(44)67-55)61(64-59)54-39-43-21-15-17-23-52(43)66-54/h15-18,21-34,37-40H,5-14,19-20,35-36H2,1-4H3. The number of thiophene rings is 2. The van der Waals surface area contributed by atoms with Crippen LogP contribution in [0.4, 0.5) is 0 Å². The molecule has 11 rings (SSSR count). The molecule has 0 bridgehead atoms. The molecule has 0 radical (unpaired) electrons. The van der Waals surface area contributed by atoms with Gasteiger partial charge >= 0.3 is 0 Å². The van der Waals surface area contributed by atoms with Gasteiger partial charge in [0.1, 0.15) is 22.6 Å². The van der Waals surface area contributed by atoms with Gasteiger partial charge in [0.05, 0.1) is 11.0 Å². The smallest absolute Gasteiger partial charge is 0.156 e. The van der Waals surface area contributed by atoms with Crippen molar-refractivity contribution in [1.82, 2.24) is 9.97 Å². The number of aryl methyl sites for hydroxylation is 2. The van der Waals surface area contributed by atoms with Crippen molar-refractivity contribution >= 4 is 55.6 Å².